The smallest absolute Gasteiger partial charge is 0.247 e. The quantitative estimate of drug-likeness (QED) is 0.871. The Morgan fingerprint density at radius 3 is 2.90 bits per heavy atom. The molecule has 0 amide bonds. The summed E-state index contributed by atoms with van der Waals surface area (Å²) < 4.78 is 5.97. The topological polar surface area (TPSA) is 59.9 Å². The van der Waals surface area contributed by atoms with Crippen molar-refractivity contribution >= 4 is 17.4 Å². The highest BCUT2D eigenvalue weighted by Gasteiger charge is 2.23. The average molecular weight is 302 g/mol. The van der Waals surface area contributed by atoms with Gasteiger partial charge in [-0.1, -0.05) is 43.8 Å². The van der Waals surface area contributed by atoms with Gasteiger partial charge >= 0.3 is 0 Å². The fourth-order valence-electron chi connectivity index (χ4n) is 2.14. The molecule has 0 saturated carbocycles. The van der Waals surface area contributed by atoms with Crippen molar-refractivity contribution in [1.82, 2.24) is 15.2 Å². The number of nitrogens with zero attached hydrogens (tertiary/aromatic N) is 3. The molecule has 0 bridgehead atoms. The van der Waals surface area contributed by atoms with Gasteiger partial charge in [-0.2, -0.15) is 4.98 Å². The Bertz CT molecular complexity index is 635. The Kier molecular flexibility index (Phi) is 4.24. The Morgan fingerprint density at radius 2 is 2.10 bits per heavy atom. The molecule has 0 unspecified atom stereocenters. The molecule has 2 aromatic rings. The summed E-state index contributed by atoms with van der Waals surface area (Å²) in [5.74, 6) is 1.54. The van der Waals surface area contributed by atoms with E-state index in [0.717, 1.165) is 29.8 Å². The molecule has 1 aromatic carbocycles. The Balaban J connectivity index is 2.04. The first-order valence-electron chi connectivity index (χ1n) is 7.22. The van der Waals surface area contributed by atoms with Crippen LogP contribution in [-0.2, 0) is 0 Å². The van der Waals surface area contributed by atoms with Gasteiger partial charge in [0.05, 0.1) is 0 Å². The molecule has 1 atom stereocenters. The van der Waals surface area contributed by atoms with E-state index in [1.807, 2.05) is 24.3 Å². The maximum atomic E-state index is 5.97. The number of nitrogens with one attached hydrogen (secondary N) is 1. The van der Waals surface area contributed by atoms with Crippen molar-refractivity contribution in [3.63, 3.8) is 0 Å². The lowest BCUT2D eigenvalue weighted by molar-refractivity contribution is 0.216. The molecule has 5 nitrogen and oxygen atoms in total. The first-order chi connectivity index (χ1) is 10.3. The largest absolute Gasteiger partial charge is 0.452 e. The van der Waals surface area contributed by atoms with E-state index in [4.69, 9.17) is 4.74 Å². The third-order valence-electron chi connectivity index (χ3n) is 3.19. The predicted octanol–water partition coefficient (Wildman–Crippen LogP) is 3.58. The number of fused-ring (bicyclic) bond motifs is 3. The molecule has 1 aromatic heterocycles. The van der Waals surface area contributed by atoms with Crippen LogP contribution in [0.3, 0.4) is 0 Å². The Morgan fingerprint density at radius 1 is 1.24 bits per heavy atom. The standard InChI is InChI=1S/C15H18N4OS/c1-3-9-21-15-17-14-13(18-19-15)10-7-5-6-8-11(10)16-12(4-2)20-14/h5-8,12,16H,3-4,9H2,1-2H3/t12-/m1/s1. The first kappa shape index (κ1) is 14.1. The number of anilines is 1. The number of para-hydroxylation sites is 1. The Hall–Kier alpha value is -1.82. The summed E-state index contributed by atoms with van der Waals surface area (Å²) in [5.41, 5.74) is 2.69. The third kappa shape index (κ3) is 2.95. The van der Waals surface area contributed by atoms with Crippen molar-refractivity contribution in [3.8, 4) is 17.1 Å². The minimum atomic E-state index is -0.104. The number of hydrogen-bond donors (Lipinski definition) is 1. The maximum absolute atomic E-state index is 5.97. The van der Waals surface area contributed by atoms with Gasteiger partial charge in [-0.25, -0.2) is 0 Å². The van der Waals surface area contributed by atoms with Crippen molar-refractivity contribution in [2.75, 3.05) is 11.1 Å². The number of aromatic nitrogens is 3. The van der Waals surface area contributed by atoms with Crippen LogP contribution in [0.15, 0.2) is 29.4 Å². The van der Waals surface area contributed by atoms with Gasteiger partial charge in [0.2, 0.25) is 11.0 Å². The highest BCUT2D eigenvalue weighted by Crippen LogP contribution is 2.36. The van der Waals surface area contributed by atoms with Crippen molar-refractivity contribution < 1.29 is 4.74 Å². The molecule has 0 spiro atoms. The van der Waals surface area contributed by atoms with E-state index < -0.39 is 0 Å². The third-order valence-corrected chi connectivity index (χ3v) is 4.24. The van der Waals surface area contributed by atoms with Gasteiger partial charge < -0.3 is 10.1 Å². The Labute approximate surface area is 128 Å². The van der Waals surface area contributed by atoms with E-state index >= 15 is 0 Å². The molecule has 0 fully saturated rings. The van der Waals surface area contributed by atoms with Gasteiger partial charge in [0.25, 0.3) is 0 Å². The fourth-order valence-corrected chi connectivity index (χ4v) is 2.77. The molecule has 2 heterocycles. The summed E-state index contributed by atoms with van der Waals surface area (Å²) >= 11 is 1.61. The number of benzene rings is 1. The monoisotopic (exact) mass is 302 g/mol. The highest BCUT2D eigenvalue weighted by molar-refractivity contribution is 7.99. The van der Waals surface area contributed by atoms with Crippen LogP contribution in [0.2, 0.25) is 0 Å². The molecule has 6 heteroatoms. The molecule has 1 aliphatic heterocycles. The van der Waals surface area contributed by atoms with E-state index in [1.165, 1.54) is 0 Å². The summed E-state index contributed by atoms with van der Waals surface area (Å²) in [6.07, 6.45) is 1.82. The minimum Gasteiger partial charge on any atom is -0.452 e. The second-order valence-electron chi connectivity index (χ2n) is 4.80. The van der Waals surface area contributed by atoms with Gasteiger partial charge in [-0.05, 0) is 12.5 Å². The summed E-state index contributed by atoms with van der Waals surface area (Å²) in [6, 6.07) is 8.02. The molecule has 1 N–H and O–H groups in total. The van der Waals surface area contributed by atoms with Gasteiger partial charge in [0.15, 0.2) is 11.9 Å². The zero-order valence-electron chi connectivity index (χ0n) is 12.2. The van der Waals surface area contributed by atoms with Gasteiger partial charge in [-0.3, -0.25) is 0 Å². The zero-order chi connectivity index (χ0) is 14.7. The normalized spacial score (nSPS) is 16.2. The van der Waals surface area contributed by atoms with Crippen LogP contribution in [-0.4, -0.2) is 27.2 Å². The van der Waals surface area contributed by atoms with Crippen molar-refractivity contribution in [2.45, 2.75) is 38.1 Å². The average Bonchev–Trinajstić information content (AvgIpc) is 2.68. The molecule has 21 heavy (non-hydrogen) atoms. The zero-order valence-corrected chi connectivity index (χ0v) is 13.0. The van der Waals surface area contributed by atoms with Crippen LogP contribution in [0.25, 0.3) is 11.3 Å². The highest BCUT2D eigenvalue weighted by atomic mass is 32.2. The summed E-state index contributed by atoms with van der Waals surface area (Å²) in [5, 5.41) is 12.6. The fraction of sp³-hybridized carbons (Fsp3) is 0.400. The van der Waals surface area contributed by atoms with Gasteiger partial charge in [-0.15, -0.1) is 10.2 Å². The van der Waals surface area contributed by atoms with Crippen molar-refractivity contribution in [3.05, 3.63) is 24.3 Å². The summed E-state index contributed by atoms with van der Waals surface area (Å²) in [4.78, 5) is 4.53. The lowest BCUT2D eigenvalue weighted by Crippen LogP contribution is -2.24. The molecule has 0 aliphatic carbocycles. The van der Waals surface area contributed by atoms with E-state index in [2.05, 4.69) is 34.3 Å². The van der Waals surface area contributed by atoms with Crippen LogP contribution in [0.1, 0.15) is 26.7 Å². The summed E-state index contributed by atoms with van der Waals surface area (Å²) in [6.45, 7) is 4.21. The number of thioether (sulfide) groups is 1. The second-order valence-corrected chi connectivity index (χ2v) is 5.86. The molecular formula is C15H18N4OS. The van der Waals surface area contributed by atoms with Crippen molar-refractivity contribution in [1.29, 1.82) is 0 Å². The van der Waals surface area contributed by atoms with Crippen LogP contribution in [0, 0.1) is 0 Å². The molecule has 1 aliphatic rings. The van der Waals surface area contributed by atoms with Crippen LogP contribution >= 0.6 is 11.8 Å². The van der Waals surface area contributed by atoms with E-state index in [9.17, 15) is 0 Å². The molecular weight excluding hydrogens is 284 g/mol. The van der Waals surface area contributed by atoms with Crippen LogP contribution in [0.5, 0.6) is 5.88 Å². The molecule has 3 rings (SSSR count). The lowest BCUT2D eigenvalue weighted by atomic mass is 10.1. The number of ether oxygens (including phenoxy) is 1. The van der Waals surface area contributed by atoms with E-state index in [-0.39, 0.29) is 6.23 Å². The van der Waals surface area contributed by atoms with E-state index in [0.29, 0.717) is 16.7 Å². The van der Waals surface area contributed by atoms with Crippen LogP contribution < -0.4 is 10.1 Å². The first-order valence-corrected chi connectivity index (χ1v) is 8.20. The van der Waals surface area contributed by atoms with Gasteiger partial charge in [0, 0.05) is 23.4 Å². The minimum absolute atomic E-state index is 0.104. The second kappa shape index (κ2) is 6.30. The number of hydrogen-bond acceptors (Lipinski definition) is 6. The predicted molar refractivity (Wildman–Crippen MR) is 84.6 cm³/mol. The molecule has 110 valence electrons. The maximum Gasteiger partial charge on any atom is 0.247 e. The van der Waals surface area contributed by atoms with Gasteiger partial charge in [0.1, 0.15) is 0 Å². The molecule has 0 radical (unpaired) electrons. The van der Waals surface area contributed by atoms with E-state index in [1.54, 1.807) is 11.8 Å². The van der Waals surface area contributed by atoms with Crippen LogP contribution in [0.4, 0.5) is 5.69 Å². The SMILES string of the molecule is CCCSc1nnc2c(n1)O[C@H](CC)Nc1ccccc1-2. The lowest BCUT2D eigenvalue weighted by Gasteiger charge is -2.16. The van der Waals surface area contributed by atoms with Crippen molar-refractivity contribution in [2.24, 2.45) is 0 Å². The molecule has 0 saturated heterocycles. The summed E-state index contributed by atoms with van der Waals surface area (Å²) in [7, 11) is 0. The number of rotatable bonds is 4.